The summed E-state index contributed by atoms with van der Waals surface area (Å²) in [5, 5.41) is 7.87. The zero-order valence-electron chi connectivity index (χ0n) is 6.34. The average molecular weight is 247 g/mol. The molecule has 1 aromatic rings. The lowest BCUT2D eigenvalue weighted by Crippen LogP contribution is -2.02. The number of hydrogen-bond donors (Lipinski definition) is 2. The van der Waals surface area contributed by atoms with Crippen LogP contribution in [-0.2, 0) is 0 Å². The molecule has 0 saturated heterocycles. The first kappa shape index (κ1) is 9.47. The quantitative estimate of drug-likeness (QED) is 0.471. The Kier molecular flexibility index (Phi) is 3.05. The van der Waals surface area contributed by atoms with E-state index in [1.807, 2.05) is 6.26 Å². The highest BCUT2D eigenvalue weighted by Gasteiger charge is 2.05. The first-order valence-corrected chi connectivity index (χ1v) is 5.08. The molecule has 0 spiro atoms. The van der Waals surface area contributed by atoms with Gasteiger partial charge in [-0.25, -0.2) is 9.97 Å². The summed E-state index contributed by atoms with van der Waals surface area (Å²) in [5.41, 5.74) is 6.08. The molecule has 3 N–H and O–H groups in total. The van der Waals surface area contributed by atoms with E-state index in [-0.39, 0.29) is 4.62 Å². The Bertz CT molecular complexity index is 314. The van der Waals surface area contributed by atoms with Gasteiger partial charge in [-0.05, 0) is 22.2 Å². The molecular weight excluding hydrogens is 240 g/mol. The minimum Gasteiger partial charge on any atom is -0.383 e. The second-order valence-electron chi connectivity index (χ2n) is 1.97. The molecule has 0 amide bonds. The van der Waals surface area contributed by atoms with Crippen LogP contribution in [0.5, 0.6) is 0 Å². The minimum absolute atomic E-state index is 0.202. The second kappa shape index (κ2) is 3.86. The van der Waals surface area contributed by atoms with E-state index in [9.17, 15) is 0 Å². The molecule has 0 fully saturated rings. The van der Waals surface area contributed by atoms with Crippen LogP contribution in [0.2, 0.25) is 0 Å². The zero-order valence-corrected chi connectivity index (χ0v) is 8.74. The normalized spacial score (nSPS) is 9.83. The maximum atomic E-state index is 7.25. The first-order valence-electron chi connectivity index (χ1n) is 3.06. The SMILES string of the molecule is CSc1ncc(C(=N)Br)c(N)n1. The molecule has 0 aliphatic heterocycles. The van der Waals surface area contributed by atoms with E-state index in [1.54, 1.807) is 0 Å². The van der Waals surface area contributed by atoms with Crippen molar-refractivity contribution in [3.63, 3.8) is 0 Å². The third kappa shape index (κ3) is 1.95. The fourth-order valence-corrected chi connectivity index (χ4v) is 1.30. The van der Waals surface area contributed by atoms with Crippen LogP contribution in [0.3, 0.4) is 0 Å². The predicted molar refractivity (Wildman–Crippen MR) is 54.0 cm³/mol. The fraction of sp³-hybridized carbons (Fsp3) is 0.167. The monoisotopic (exact) mass is 246 g/mol. The lowest BCUT2D eigenvalue weighted by molar-refractivity contribution is 0.975. The molecule has 64 valence electrons. The van der Waals surface area contributed by atoms with Gasteiger partial charge in [0.05, 0.1) is 5.56 Å². The highest BCUT2D eigenvalue weighted by Crippen LogP contribution is 2.15. The molecule has 1 rings (SSSR count). The number of halogens is 1. The number of rotatable bonds is 2. The standard InChI is InChI=1S/C6H7BrN4S/c1-12-6-10-2-3(4(7)8)5(9)11-6/h2,8H,1H3,(H2,9,10,11). The molecule has 0 aliphatic carbocycles. The van der Waals surface area contributed by atoms with E-state index in [1.165, 1.54) is 18.0 Å². The van der Waals surface area contributed by atoms with E-state index in [4.69, 9.17) is 11.1 Å². The van der Waals surface area contributed by atoms with Crippen LogP contribution in [-0.4, -0.2) is 20.8 Å². The number of thioether (sulfide) groups is 1. The number of hydrogen-bond acceptors (Lipinski definition) is 5. The molecule has 0 radical (unpaired) electrons. The van der Waals surface area contributed by atoms with Gasteiger partial charge < -0.3 is 5.73 Å². The van der Waals surface area contributed by atoms with Crippen LogP contribution < -0.4 is 5.73 Å². The Labute approximate surface area is 82.6 Å². The zero-order chi connectivity index (χ0) is 9.14. The molecule has 4 nitrogen and oxygen atoms in total. The van der Waals surface area contributed by atoms with Crippen molar-refractivity contribution in [1.29, 1.82) is 5.41 Å². The molecule has 0 atom stereocenters. The summed E-state index contributed by atoms with van der Waals surface area (Å²) < 4.78 is 0.202. The highest BCUT2D eigenvalue weighted by atomic mass is 79.9. The minimum atomic E-state index is 0.202. The van der Waals surface area contributed by atoms with E-state index >= 15 is 0 Å². The van der Waals surface area contributed by atoms with Gasteiger partial charge in [0.15, 0.2) is 5.16 Å². The Balaban J connectivity index is 3.12. The number of aromatic nitrogens is 2. The van der Waals surface area contributed by atoms with Gasteiger partial charge in [-0.1, -0.05) is 11.8 Å². The van der Waals surface area contributed by atoms with Crippen molar-refractivity contribution in [1.82, 2.24) is 9.97 Å². The Morgan fingerprint density at radius 3 is 2.83 bits per heavy atom. The summed E-state index contributed by atoms with van der Waals surface area (Å²) in [6.45, 7) is 0. The summed E-state index contributed by atoms with van der Waals surface area (Å²) in [4.78, 5) is 7.95. The third-order valence-corrected chi connectivity index (χ3v) is 2.20. The van der Waals surface area contributed by atoms with Crippen molar-refractivity contribution in [2.75, 3.05) is 12.0 Å². The summed E-state index contributed by atoms with van der Waals surface area (Å²) in [6, 6.07) is 0. The summed E-state index contributed by atoms with van der Waals surface area (Å²) >= 11 is 4.41. The number of nitrogens with zero attached hydrogens (tertiary/aromatic N) is 2. The molecule has 6 heteroatoms. The van der Waals surface area contributed by atoms with Gasteiger partial charge in [-0.2, -0.15) is 0 Å². The highest BCUT2D eigenvalue weighted by molar-refractivity contribution is 9.18. The van der Waals surface area contributed by atoms with Crippen molar-refractivity contribution < 1.29 is 0 Å². The summed E-state index contributed by atoms with van der Waals surface area (Å²) in [7, 11) is 0. The number of nitrogens with one attached hydrogen (secondary N) is 1. The van der Waals surface area contributed by atoms with Crippen molar-refractivity contribution in [3.05, 3.63) is 11.8 Å². The van der Waals surface area contributed by atoms with E-state index in [0.29, 0.717) is 16.5 Å². The lowest BCUT2D eigenvalue weighted by atomic mass is 10.3. The molecule has 0 aromatic carbocycles. The third-order valence-electron chi connectivity index (χ3n) is 1.22. The van der Waals surface area contributed by atoms with E-state index in [2.05, 4.69) is 25.9 Å². The molecule has 0 bridgehead atoms. The average Bonchev–Trinajstić information content (AvgIpc) is 2.03. The van der Waals surface area contributed by atoms with Gasteiger partial charge in [0.2, 0.25) is 0 Å². The predicted octanol–water partition coefficient (Wildman–Crippen LogP) is 1.50. The second-order valence-corrected chi connectivity index (χ2v) is 3.54. The molecular formula is C6H7BrN4S. The van der Waals surface area contributed by atoms with Crippen molar-refractivity contribution in [3.8, 4) is 0 Å². The fourth-order valence-electron chi connectivity index (χ4n) is 0.646. The van der Waals surface area contributed by atoms with E-state index < -0.39 is 0 Å². The van der Waals surface area contributed by atoms with Gasteiger partial charge in [-0.3, -0.25) is 5.41 Å². The van der Waals surface area contributed by atoms with E-state index in [0.717, 1.165) is 0 Å². The van der Waals surface area contributed by atoms with Crippen LogP contribution >= 0.6 is 27.7 Å². The maximum Gasteiger partial charge on any atom is 0.189 e. The van der Waals surface area contributed by atoms with Crippen molar-refractivity contribution in [2.45, 2.75) is 5.16 Å². The summed E-state index contributed by atoms with van der Waals surface area (Å²) in [5.74, 6) is 0.330. The van der Waals surface area contributed by atoms with Crippen LogP contribution in [0.4, 0.5) is 5.82 Å². The smallest absolute Gasteiger partial charge is 0.189 e. The Morgan fingerprint density at radius 2 is 2.42 bits per heavy atom. The maximum absolute atomic E-state index is 7.25. The number of nitrogen functional groups attached to an aromatic ring is 1. The van der Waals surface area contributed by atoms with Crippen LogP contribution in [0.25, 0.3) is 0 Å². The van der Waals surface area contributed by atoms with Gasteiger partial charge in [0.1, 0.15) is 10.4 Å². The lowest BCUT2D eigenvalue weighted by Gasteiger charge is -2.01. The molecule has 0 saturated carbocycles. The Morgan fingerprint density at radius 1 is 1.75 bits per heavy atom. The van der Waals surface area contributed by atoms with Crippen molar-refractivity contribution >= 4 is 38.1 Å². The van der Waals surface area contributed by atoms with Crippen molar-refractivity contribution in [2.24, 2.45) is 0 Å². The van der Waals surface area contributed by atoms with Gasteiger partial charge >= 0.3 is 0 Å². The van der Waals surface area contributed by atoms with Gasteiger partial charge in [-0.15, -0.1) is 0 Å². The molecule has 0 aliphatic rings. The van der Waals surface area contributed by atoms with Crippen LogP contribution in [0, 0.1) is 5.41 Å². The van der Waals surface area contributed by atoms with Gasteiger partial charge in [0, 0.05) is 6.20 Å². The molecule has 1 heterocycles. The van der Waals surface area contributed by atoms with Crippen LogP contribution in [0.15, 0.2) is 11.4 Å². The molecule has 12 heavy (non-hydrogen) atoms. The Hall–Kier alpha value is -0.620. The number of anilines is 1. The van der Waals surface area contributed by atoms with Crippen LogP contribution in [0.1, 0.15) is 5.56 Å². The topological polar surface area (TPSA) is 75.7 Å². The summed E-state index contributed by atoms with van der Waals surface area (Å²) in [6.07, 6.45) is 3.40. The molecule has 0 unspecified atom stereocenters. The molecule has 1 aromatic heterocycles. The largest absolute Gasteiger partial charge is 0.383 e. The first-order chi connectivity index (χ1) is 5.65. The van der Waals surface area contributed by atoms with Gasteiger partial charge in [0.25, 0.3) is 0 Å². The number of nitrogens with two attached hydrogens (primary N) is 1.